The lowest BCUT2D eigenvalue weighted by Gasteiger charge is -2.16. The third kappa shape index (κ3) is 3.22. The van der Waals surface area contributed by atoms with E-state index in [1.807, 2.05) is 16.8 Å². The Balaban J connectivity index is 1.53. The van der Waals surface area contributed by atoms with E-state index in [0.717, 1.165) is 5.56 Å². The molecule has 3 heterocycles. The van der Waals surface area contributed by atoms with Crippen molar-refractivity contribution in [3.05, 3.63) is 52.0 Å². The van der Waals surface area contributed by atoms with E-state index >= 15 is 0 Å². The highest BCUT2D eigenvalue weighted by Gasteiger charge is 2.35. The van der Waals surface area contributed by atoms with Gasteiger partial charge in [0.05, 0.1) is 10.8 Å². The van der Waals surface area contributed by atoms with Crippen LogP contribution in [0.4, 0.5) is 0 Å². The van der Waals surface area contributed by atoms with Gasteiger partial charge in [0, 0.05) is 29.1 Å². The van der Waals surface area contributed by atoms with E-state index in [2.05, 4.69) is 10.2 Å². The number of thiophene rings is 1. The first-order valence-electron chi connectivity index (χ1n) is 7.66. The summed E-state index contributed by atoms with van der Waals surface area (Å²) in [5.41, 5.74) is 0.880. The molecule has 1 aliphatic rings. The summed E-state index contributed by atoms with van der Waals surface area (Å²) in [5, 5.41) is 12.4. The Hall–Kier alpha value is -1.74. The molecule has 4 rings (SSSR count). The van der Waals surface area contributed by atoms with E-state index in [0.29, 0.717) is 36.3 Å². The van der Waals surface area contributed by atoms with Gasteiger partial charge in [0.15, 0.2) is 0 Å². The van der Waals surface area contributed by atoms with Crippen molar-refractivity contribution in [3.63, 3.8) is 0 Å². The van der Waals surface area contributed by atoms with Crippen molar-refractivity contribution in [2.75, 3.05) is 13.1 Å². The summed E-state index contributed by atoms with van der Waals surface area (Å²) < 4.78 is 32.7. The number of rotatable bonds is 4. The Morgan fingerprint density at radius 3 is 2.92 bits per heavy atom. The first kappa shape index (κ1) is 16.7. The zero-order chi connectivity index (χ0) is 17.4. The first-order valence-corrected chi connectivity index (χ1v) is 10.4. The number of hydrogen-bond acceptors (Lipinski definition) is 6. The summed E-state index contributed by atoms with van der Waals surface area (Å²) in [7, 11) is -3.58. The van der Waals surface area contributed by atoms with Gasteiger partial charge in [-0.05, 0) is 36.1 Å². The van der Waals surface area contributed by atoms with E-state index < -0.39 is 10.0 Å². The van der Waals surface area contributed by atoms with Crippen molar-refractivity contribution in [2.45, 2.75) is 17.2 Å². The highest BCUT2D eigenvalue weighted by Crippen LogP contribution is 2.32. The number of benzene rings is 1. The van der Waals surface area contributed by atoms with Crippen LogP contribution in [0.15, 0.2) is 50.4 Å². The van der Waals surface area contributed by atoms with Gasteiger partial charge in [-0.25, -0.2) is 8.42 Å². The second kappa shape index (κ2) is 6.53. The van der Waals surface area contributed by atoms with Gasteiger partial charge in [-0.3, -0.25) is 0 Å². The molecule has 1 atom stereocenters. The molecule has 0 aliphatic carbocycles. The van der Waals surface area contributed by atoms with Crippen LogP contribution in [0.2, 0.25) is 5.02 Å². The van der Waals surface area contributed by atoms with Crippen LogP contribution in [-0.4, -0.2) is 36.0 Å². The molecule has 0 N–H and O–H groups in total. The summed E-state index contributed by atoms with van der Waals surface area (Å²) in [6.45, 7) is 0.732. The van der Waals surface area contributed by atoms with Crippen molar-refractivity contribution in [3.8, 4) is 11.5 Å². The number of sulfonamides is 1. The van der Waals surface area contributed by atoms with Crippen LogP contribution >= 0.6 is 22.9 Å². The molecule has 0 spiro atoms. The minimum absolute atomic E-state index is 0.103. The highest BCUT2D eigenvalue weighted by molar-refractivity contribution is 7.89. The van der Waals surface area contributed by atoms with Gasteiger partial charge >= 0.3 is 0 Å². The maximum Gasteiger partial charge on any atom is 0.248 e. The number of nitrogens with zero attached hydrogens (tertiary/aromatic N) is 3. The largest absolute Gasteiger partial charge is 0.420 e. The quantitative estimate of drug-likeness (QED) is 0.674. The average molecular weight is 396 g/mol. The standard InChI is InChI=1S/C16H14ClN3O3S2/c17-13-2-1-3-14(8-13)25(21,22)20-6-4-11(9-20)15-18-19-16(23-15)12-5-7-24-10-12/h1-3,5,7-8,10-11H,4,6,9H2/t11-/m0/s1. The Bertz CT molecular complexity index is 986. The Morgan fingerprint density at radius 1 is 1.28 bits per heavy atom. The summed E-state index contributed by atoms with van der Waals surface area (Å²) in [5.74, 6) is 0.839. The van der Waals surface area contributed by atoms with Crippen molar-refractivity contribution in [2.24, 2.45) is 0 Å². The molecule has 130 valence electrons. The second-order valence-electron chi connectivity index (χ2n) is 5.76. The lowest BCUT2D eigenvalue weighted by atomic mass is 10.1. The zero-order valence-corrected chi connectivity index (χ0v) is 15.4. The molecule has 25 heavy (non-hydrogen) atoms. The minimum Gasteiger partial charge on any atom is -0.420 e. The summed E-state index contributed by atoms with van der Waals surface area (Å²) in [6.07, 6.45) is 0.644. The van der Waals surface area contributed by atoms with E-state index in [1.54, 1.807) is 29.5 Å². The molecule has 1 fully saturated rings. The molecule has 6 nitrogen and oxygen atoms in total. The van der Waals surface area contributed by atoms with Crippen LogP contribution in [0, 0.1) is 0 Å². The summed E-state index contributed by atoms with van der Waals surface area (Å²) >= 11 is 7.47. The van der Waals surface area contributed by atoms with Crippen molar-refractivity contribution in [1.29, 1.82) is 0 Å². The van der Waals surface area contributed by atoms with Crippen molar-refractivity contribution >= 4 is 33.0 Å². The van der Waals surface area contributed by atoms with E-state index in [4.69, 9.17) is 16.0 Å². The van der Waals surface area contributed by atoms with Crippen LogP contribution in [0.1, 0.15) is 18.2 Å². The molecule has 0 bridgehead atoms. The molecule has 2 aromatic heterocycles. The lowest BCUT2D eigenvalue weighted by molar-refractivity contribution is 0.440. The van der Waals surface area contributed by atoms with Crippen LogP contribution in [0.5, 0.6) is 0 Å². The third-order valence-electron chi connectivity index (χ3n) is 4.14. The number of aromatic nitrogens is 2. The van der Waals surface area contributed by atoms with Gasteiger partial charge in [0.2, 0.25) is 21.8 Å². The smallest absolute Gasteiger partial charge is 0.248 e. The van der Waals surface area contributed by atoms with E-state index in [-0.39, 0.29) is 10.8 Å². The topological polar surface area (TPSA) is 76.3 Å². The molecular formula is C16H14ClN3O3S2. The molecule has 0 amide bonds. The summed E-state index contributed by atoms with van der Waals surface area (Å²) in [6, 6.07) is 8.21. The third-order valence-corrected chi connectivity index (χ3v) is 6.92. The van der Waals surface area contributed by atoms with E-state index in [1.165, 1.54) is 10.4 Å². The molecule has 1 aliphatic heterocycles. The molecule has 3 aromatic rings. The van der Waals surface area contributed by atoms with Crippen LogP contribution in [0.25, 0.3) is 11.5 Å². The minimum atomic E-state index is -3.58. The Morgan fingerprint density at radius 2 is 2.16 bits per heavy atom. The molecule has 0 radical (unpaired) electrons. The van der Waals surface area contributed by atoms with Gasteiger partial charge < -0.3 is 4.42 Å². The SMILES string of the molecule is O=S(=O)(c1cccc(Cl)c1)N1CC[C@H](c2nnc(-c3ccsc3)o2)C1. The normalized spacial score (nSPS) is 18.7. The fourth-order valence-electron chi connectivity index (χ4n) is 2.83. The molecular weight excluding hydrogens is 382 g/mol. The van der Waals surface area contributed by atoms with Crippen LogP contribution in [0.3, 0.4) is 0 Å². The second-order valence-corrected chi connectivity index (χ2v) is 8.92. The van der Waals surface area contributed by atoms with E-state index in [9.17, 15) is 8.42 Å². The lowest BCUT2D eigenvalue weighted by Crippen LogP contribution is -2.28. The van der Waals surface area contributed by atoms with Crippen LogP contribution in [-0.2, 0) is 10.0 Å². The molecule has 9 heteroatoms. The van der Waals surface area contributed by atoms with Gasteiger partial charge in [-0.2, -0.15) is 15.6 Å². The maximum absolute atomic E-state index is 12.8. The molecule has 1 saturated heterocycles. The fourth-order valence-corrected chi connectivity index (χ4v) is 5.26. The average Bonchev–Trinajstić information content (AvgIpc) is 3.33. The summed E-state index contributed by atoms with van der Waals surface area (Å²) in [4.78, 5) is 0.199. The Kier molecular flexibility index (Phi) is 4.36. The first-order chi connectivity index (χ1) is 12.0. The van der Waals surface area contributed by atoms with Gasteiger partial charge in [-0.1, -0.05) is 17.7 Å². The van der Waals surface area contributed by atoms with Gasteiger partial charge in [0.1, 0.15) is 0 Å². The number of hydrogen-bond donors (Lipinski definition) is 0. The fraction of sp³-hybridized carbons (Fsp3) is 0.250. The van der Waals surface area contributed by atoms with Gasteiger partial charge in [-0.15, -0.1) is 10.2 Å². The molecule has 0 saturated carbocycles. The van der Waals surface area contributed by atoms with Crippen molar-refractivity contribution in [1.82, 2.24) is 14.5 Å². The molecule has 0 unspecified atom stereocenters. The highest BCUT2D eigenvalue weighted by atomic mass is 35.5. The number of halogens is 1. The van der Waals surface area contributed by atoms with Gasteiger partial charge in [0.25, 0.3) is 0 Å². The maximum atomic E-state index is 12.8. The molecule has 1 aromatic carbocycles. The Labute approximate surface area is 154 Å². The predicted molar refractivity (Wildman–Crippen MR) is 95.2 cm³/mol. The van der Waals surface area contributed by atoms with Crippen LogP contribution < -0.4 is 0 Å². The monoisotopic (exact) mass is 395 g/mol. The zero-order valence-electron chi connectivity index (χ0n) is 13.0. The predicted octanol–water partition coefficient (Wildman–Crippen LogP) is 3.63. The van der Waals surface area contributed by atoms with Crippen molar-refractivity contribution < 1.29 is 12.8 Å².